The number of nitrogens with zero attached hydrogens (tertiary/aromatic N) is 1. The van der Waals surface area contributed by atoms with Gasteiger partial charge in [-0.2, -0.15) is 0 Å². The van der Waals surface area contributed by atoms with Crippen molar-refractivity contribution in [2.24, 2.45) is 5.92 Å². The maximum atomic E-state index is 13.6. The summed E-state index contributed by atoms with van der Waals surface area (Å²) in [6.45, 7) is 8.24. The Morgan fingerprint density at radius 1 is 1.15 bits per heavy atom. The van der Waals surface area contributed by atoms with Crippen molar-refractivity contribution in [2.75, 3.05) is 0 Å². The van der Waals surface area contributed by atoms with Crippen LogP contribution in [0.25, 0.3) is 0 Å². The Bertz CT molecular complexity index is 1100. The molecule has 0 unspecified atom stereocenters. The van der Waals surface area contributed by atoms with Crippen LogP contribution in [0.1, 0.15) is 61.0 Å². The zero-order chi connectivity index (χ0) is 24.6. The van der Waals surface area contributed by atoms with Crippen LogP contribution in [-0.2, 0) is 16.1 Å². The SMILES string of the molecule is CC[C@@H](C)[C@H](NC(=O)[C@H]1N2C(=O)c3ccccc3[C@@H]2SC1(C)C)C(=O)NCc1ccc(Cl)cc1. The van der Waals surface area contributed by atoms with Gasteiger partial charge in [0.15, 0.2) is 0 Å². The molecule has 180 valence electrons. The van der Waals surface area contributed by atoms with E-state index in [9.17, 15) is 14.4 Å². The average molecular weight is 500 g/mol. The first kappa shape index (κ1) is 24.6. The molecule has 0 spiro atoms. The molecular formula is C26H30ClN3O3S. The largest absolute Gasteiger partial charge is 0.350 e. The Balaban J connectivity index is 1.51. The first-order valence-corrected chi connectivity index (χ1v) is 12.8. The summed E-state index contributed by atoms with van der Waals surface area (Å²) in [5, 5.41) is 6.36. The predicted octanol–water partition coefficient (Wildman–Crippen LogP) is 4.54. The number of amides is 3. The minimum Gasteiger partial charge on any atom is -0.350 e. The average Bonchev–Trinajstić information content (AvgIpc) is 3.25. The molecule has 0 saturated carbocycles. The predicted molar refractivity (Wildman–Crippen MR) is 135 cm³/mol. The van der Waals surface area contributed by atoms with E-state index in [4.69, 9.17) is 11.6 Å². The van der Waals surface area contributed by atoms with E-state index in [1.54, 1.807) is 28.8 Å². The van der Waals surface area contributed by atoms with E-state index in [1.165, 1.54) is 0 Å². The lowest BCUT2D eigenvalue weighted by Crippen LogP contribution is -2.58. The lowest BCUT2D eigenvalue weighted by Gasteiger charge is -2.32. The van der Waals surface area contributed by atoms with Crippen LogP contribution in [0.3, 0.4) is 0 Å². The van der Waals surface area contributed by atoms with Crippen molar-refractivity contribution >= 4 is 41.1 Å². The van der Waals surface area contributed by atoms with Crippen molar-refractivity contribution in [3.05, 3.63) is 70.2 Å². The molecule has 4 atom stereocenters. The van der Waals surface area contributed by atoms with Gasteiger partial charge in [0.1, 0.15) is 17.5 Å². The molecule has 34 heavy (non-hydrogen) atoms. The normalized spacial score (nSPS) is 22.0. The summed E-state index contributed by atoms with van der Waals surface area (Å²) >= 11 is 7.55. The fourth-order valence-electron chi connectivity index (χ4n) is 4.64. The lowest BCUT2D eigenvalue weighted by molar-refractivity contribution is -0.133. The minimum atomic E-state index is -0.704. The van der Waals surface area contributed by atoms with Crippen molar-refractivity contribution in [3.8, 4) is 0 Å². The molecule has 1 saturated heterocycles. The second kappa shape index (κ2) is 9.62. The topological polar surface area (TPSA) is 78.5 Å². The van der Waals surface area contributed by atoms with Crippen molar-refractivity contribution in [1.29, 1.82) is 0 Å². The number of nitrogens with one attached hydrogen (secondary N) is 2. The number of rotatable bonds is 7. The fraction of sp³-hybridized carbons (Fsp3) is 0.423. The molecule has 0 aliphatic carbocycles. The molecule has 0 radical (unpaired) electrons. The van der Waals surface area contributed by atoms with E-state index in [-0.39, 0.29) is 29.0 Å². The summed E-state index contributed by atoms with van der Waals surface area (Å²) in [7, 11) is 0. The molecule has 2 aliphatic rings. The second-order valence-corrected chi connectivity index (χ2v) is 11.7. The molecule has 0 bridgehead atoms. The molecule has 4 rings (SSSR count). The third kappa shape index (κ3) is 4.56. The summed E-state index contributed by atoms with van der Waals surface area (Å²) in [6, 6.07) is 13.4. The fourth-order valence-corrected chi connectivity index (χ4v) is 6.35. The molecule has 1 fully saturated rings. The zero-order valence-corrected chi connectivity index (χ0v) is 21.4. The molecule has 8 heteroatoms. The molecule has 2 aromatic rings. The summed E-state index contributed by atoms with van der Waals surface area (Å²) in [5.74, 6) is -0.749. The van der Waals surface area contributed by atoms with E-state index >= 15 is 0 Å². The Labute approximate surface area is 209 Å². The van der Waals surface area contributed by atoms with Gasteiger partial charge in [-0.3, -0.25) is 14.4 Å². The Morgan fingerprint density at radius 3 is 2.50 bits per heavy atom. The highest BCUT2D eigenvalue weighted by Gasteiger charge is 2.57. The van der Waals surface area contributed by atoms with E-state index in [0.29, 0.717) is 17.1 Å². The number of benzene rings is 2. The van der Waals surface area contributed by atoms with Crippen molar-refractivity contribution in [1.82, 2.24) is 15.5 Å². The molecule has 6 nitrogen and oxygen atoms in total. The van der Waals surface area contributed by atoms with Crippen LogP contribution in [0.5, 0.6) is 0 Å². The van der Waals surface area contributed by atoms with E-state index in [2.05, 4.69) is 10.6 Å². The highest BCUT2D eigenvalue weighted by atomic mass is 35.5. The van der Waals surface area contributed by atoms with Crippen molar-refractivity contribution < 1.29 is 14.4 Å². The van der Waals surface area contributed by atoms with Gasteiger partial charge in [0.05, 0.1) is 0 Å². The van der Waals surface area contributed by atoms with Crippen LogP contribution >= 0.6 is 23.4 Å². The van der Waals surface area contributed by atoms with Crippen molar-refractivity contribution in [2.45, 2.75) is 62.9 Å². The smallest absolute Gasteiger partial charge is 0.256 e. The highest BCUT2D eigenvalue weighted by Crippen LogP contribution is 2.56. The van der Waals surface area contributed by atoms with Crippen LogP contribution in [-0.4, -0.2) is 39.5 Å². The number of thioether (sulfide) groups is 1. The number of hydrogen-bond acceptors (Lipinski definition) is 4. The van der Waals surface area contributed by atoms with Crippen LogP contribution in [0.4, 0.5) is 0 Å². The maximum Gasteiger partial charge on any atom is 0.256 e. The van der Waals surface area contributed by atoms with Gasteiger partial charge < -0.3 is 15.5 Å². The van der Waals surface area contributed by atoms with Gasteiger partial charge in [0.2, 0.25) is 11.8 Å². The summed E-state index contributed by atoms with van der Waals surface area (Å²) in [4.78, 5) is 41.7. The Kier molecular flexibility index (Phi) is 6.97. The van der Waals surface area contributed by atoms with Crippen molar-refractivity contribution in [3.63, 3.8) is 0 Å². The highest BCUT2D eigenvalue weighted by molar-refractivity contribution is 8.01. The third-order valence-electron chi connectivity index (χ3n) is 6.72. The molecule has 3 amide bonds. The number of carbonyl (C=O) groups is 3. The van der Waals surface area contributed by atoms with Gasteiger partial charge >= 0.3 is 0 Å². The van der Waals surface area contributed by atoms with Gasteiger partial charge in [-0.25, -0.2) is 0 Å². The van der Waals surface area contributed by atoms with Gasteiger partial charge in [-0.15, -0.1) is 11.8 Å². The number of carbonyl (C=O) groups excluding carboxylic acids is 3. The molecule has 2 N–H and O–H groups in total. The second-order valence-electron chi connectivity index (χ2n) is 9.49. The summed E-state index contributed by atoms with van der Waals surface area (Å²) in [5.41, 5.74) is 2.51. The van der Waals surface area contributed by atoms with Crippen LogP contribution in [0, 0.1) is 5.92 Å². The third-order valence-corrected chi connectivity index (χ3v) is 8.51. The Morgan fingerprint density at radius 2 is 1.82 bits per heavy atom. The summed E-state index contributed by atoms with van der Waals surface area (Å²) in [6.07, 6.45) is 0.721. The number of hydrogen-bond donors (Lipinski definition) is 2. The quantitative estimate of drug-likeness (QED) is 0.586. The molecule has 2 aliphatic heterocycles. The number of halogens is 1. The zero-order valence-electron chi connectivity index (χ0n) is 19.8. The molecule has 0 aromatic heterocycles. The maximum absolute atomic E-state index is 13.6. The standard InChI is InChI=1S/C26H30ClN3O3S/c1-5-15(2)20(22(31)28-14-16-10-12-17(27)13-11-16)29-23(32)21-26(3,4)34-25-19-9-7-6-8-18(19)24(33)30(21)25/h6-13,15,20-21,25H,5,14H2,1-4H3,(H,28,31)(H,29,32)/t15-,20+,21-,25+/m1/s1. The molecule has 2 heterocycles. The van der Waals surface area contributed by atoms with Gasteiger partial charge in [-0.05, 0) is 49.1 Å². The Hall–Kier alpha value is -2.51. The van der Waals surface area contributed by atoms with E-state index in [1.807, 2.05) is 64.1 Å². The minimum absolute atomic E-state index is 0.0754. The van der Waals surface area contributed by atoms with E-state index in [0.717, 1.165) is 17.5 Å². The van der Waals surface area contributed by atoms with Crippen LogP contribution in [0.2, 0.25) is 5.02 Å². The number of fused-ring (bicyclic) bond motifs is 3. The lowest BCUT2D eigenvalue weighted by atomic mass is 9.95. The summed E-state index contributed by atoms with van der Waals surface area (Å²) < 4.78 is -0.502. The first-order valence-electron chi connectivity index (χ1n) is 11.6. The monoisotopic (exact) mass is 499 g/mol. The molecule has 2 aromatic carbocycles. The van der Waals surface area contributed by atoms with Crippen LogP contribution < -0.4 is 10.6 Å². The van der Waals surface area contributed by atoms with Gasteiger partial charge in [0.25, 0.3) is 5.91 Å². The van der Waals surface area contributed by atoms with Gasteiger partial charge in [-0.1, -0.05) is 62.2 Å². The van der Waals surface area contributed by atoms with Crippen LogP contribution in [0.15, 0.2) is 48.5 Å². The first-order chi connectivity index (χ1) is 16.1. The van der Waals surface area contributed by atoms with E-state index < -0.39 is 16.8 Å². The van der Waals surface area contributed by atoms with Gasteiger partial charge in [0, 0.05) is 21.9 Å². The molecular weight excluding hydrogens is 470 g/mol.